The molecule has 5 heteroatoms. The molecular weight excluding hydrogens is 370 g/mol. The van der Waals surface area contributed by atoms with E-state index < -0.39 is 5.91 Å². The maximum Gasteiger partial charge on any atom is 0.264 e. The number of carbonyl (C=O) groups excluding carboxylic acids is 1. The number of hydrogen-bond donors (Lipinski definition) is 2. The fourth-order valence-corrected chi connectivity index (χ4v) is 2.84. The van der Waals surface area contributed by atoms with Gasteiger partial charge in [0.2, 0.25) is 0 Å². The first kappa shape index (κ1) is 19.2. The molecule has 1 amide bonds. The number of nitrogens with one attached hydrogen (secondary N) is 2. The van der Waals surface area contributed by atoms with Crippen molar-refractivity contribution in [2.24, 2.45) is 0 Å². The maximum absolute atomic E-state index is 12.7. The van der Waals surface area contributed by atoms with Crippen molar-refractivity contribution in [2.45, 2.75) is 6.04 Å². The first-order chi connectivity index (χ1) is 13.7. The van der Waals surface area contributed by atoms with E-state index in [1.807, 2.05) is 66.7 Å². The Kier molecular flexibility index (Phi) is 6.46. The molecule has 4 nitrogen and oxygen atoms in total. The van der Waals surface area contributed by atoms with E-state index in [0.717, 1.165) is 16.8 Å². The van der Waals surface area contributed by atoms with Crippen molar-refractivity contribution >= 4 is 23.2 Å². The normalized spacial score (nSPS) is 11.0. The van der Waals surface area contributed by atoms with E-state index in [1.165, 1.54) is 6.20 Å². The molecule has 0 aromatic heterocycles. The summed E-state index contributed by atoms with van der Waals surface area (Å²) < 4.78 is 0. The molecule has 0 unspecified atom stereocenters. The molecule has 0 heterocycles. The lowest BCUT2D eigenvalue weighted by molar-refractivity contribution is -0.117. The number of hydrogen-bond acceptors (Lipinski definition) is 3. The van der Waals surface area contributed by atoms with Gasteiger partial charge in [0.05, 0.1) is 6.04 Å². The highest BCUT2D eigenvalue weighted by molar-refractivity contribution is 6.30. The first-order valence-corrected chi connectivity index (χ1v) is 9.08. The van der Waals surface area contributed by atoms with Crippen molar-refractivity contribution in [3.8, 4) is 6.07 Å². The molecule has 0 radical (unpaired) electrons. The van der Waals surface area contributed by atoms with E-state index in [2.05, 4.69) is 10.6 Å². The topological polar surface area (TPSA) is 64.9 Å². The van der Waals surface area contributed by atoms with Crippen molar-refractivity contribution < 1.29 is 4.79 Å². The summed E-state index contributed by atoms with van der Waals surface area (Å²) in [6, 6.07) is 27.9. The van der Waals surface area contributed by atoms with Gasteiger partial charge >= 0.3 is 0 Å². The minimum Gasteiger partial charge on any atom is -0.360 e. The molecule has 138 valence electrons. The lowest BCUT2D eigenvalue weighted by Gasteiger charge is -2.19. The quantitative estimate of drug-likeness (QED) is 0.458. The predicted molar refractivity (Wildman–Crippen MR) is 112 cm³/mol. The van der Waals surface area contributed by atoms with E-state index in [9.17, 15) is 10.1 Å². The summed E-state index contributed by atoms with van der Waals surface area (Å²) in [6.45, 7) is 0. The van der Waals surface area contributed by atoms with Gasteiger partial charge in [-0.15, -0.1) is 0 Å². The highest BCUT2D eigenvalue weighted by Gasteiger charge is 2.19. The van der Waals surface area contributed by atoms with Crippen LogP contribution in [0.2, 0.25) is 5.02 Å². The number of nitrogens with zero attached hydrogens (tertiary/aromatic N) is 1. The van der Waals surface area contributed by atoms with Crippen molar-refractivity contribution in [1.82, 2.24) is 5.32 Å². The number of carbonyl (C=O) groups is 1. The molecule has 2 N–H and O–H groups in total. The Labute approximate surface area is 169 Å². The van der Waals surface area contributed by atoms with Crippen LogP contribution in [0.1, 0.15) is 17.2 Å². The third-order valence-corrected chi connectivity index (χ3v) is 4.39. The smallest absolute Gasteiger partial charge is 0.264 e. The van der Waals surface area contributed by atoms with Gasteiger partial charge in [-0.1, -0.05) is 72.3 Å². The van der Waals surface area contributed by atoms with Gasteiger partial charge in [0.1, 0.15) is 11.6 Å². The number of benzene rings is 3. The van der Waals surface area contributed by atoms with Crippen molar-refractivity contribution in [2.75, 3.05) is 5.32 Å². The van der Waals surface area contributed by atoms with Gasteiger partial charge in [0, 0.05) is 16.9 Å². The minimum atomic E-state index is -0.457. The molecule has 3 aromatic rings. The minimum absolute atomic E-state index is 0.0215. The second kappa shape index (κ2) is 9.40. The Balaban J connectivity index is 1.81. The Morgan fingerprint density at radius 1 is 0.893 bits per heavy atom. The summed E-state index contributed by atoms with van der Waals surface area (Å²) in [5.74, 6) is -0.457. The standard InChI is InChI=1S/C23H18ClN3O/c24-20-11-13-21(14-12-20)26-16-19(15-25)23(28)27-22(17-7-3-1-4-8-17)18-9-5-2-6-10-18/h1-14,16,22,26H,(H,27,28)/b19-16-. The van der Waals surface area contributed by atoms with E-state index in [-0.39, 0.29) is 11.6 Å². The van der Waals surface area contributed by atoms with Crippen LogP contribution in [0.25, 0.3) is 0 Å². The monoisotopic (exact) mass is 387 g/mol. The van der Waals surface area contributed by atoms with E-state index in [0.29, 0.717) is 5.02 Å². The largest absolute Gasteiger partial charge is 0.360 e. The summed E-state index contributed by atoms with van der Waals surface area (Å²) in [4.78, 5) is 12.7. The highest BCUT2D eigenvalue weighted by Crippen LogP contribution is 2.22. The third-order valence-electron chi connectivity index (χ3n) is 4.13. The van der Waals surface area contributed by atoms with Crippen LogP contribution >= 0.6 is 11.6 Å². The van der Waals surface area contributed by atoms with Crippen molar-refractivity contribution in [1.29, 1.82) is 5.26 Å². The summed E-state index contributed by atoms with van der Waals surface area (Å²) in [7, 11) is 0. The zero-order valence-electron chi connectivity index (χ0n) is 15.0. The molecule has 3 rings (SSSR count). The van der Waals surface area contributed by atoms with Gasteiger partial charge < -0.3 is 10.6 Å². The molecule has 0 spiro atoms. The van der Waals surface area contributed by atoms with Gasteiger partial charge in [-0.3, -0.25) is 4.79 Å². The number of halogens is 1. The Hall–Kier alpha value is -3.55. The van der Waals surface area contributed by atoms with Crippen LogP contribution < -0.4 is 10.6 Å². The number of nitriles is 1. The fourth-order valence-electron chi connectivity index (χ4n) is 2.71. The van der Waals surface area contributed by atoms with E-state index in [1.54, 1.807) is 24.3 Å². The summed E-state index contributed by atoms with van der Waals surface area (Å²) >= 11 is 5.87. The maximum atomic E-state index is 12.7. The number of anilines is 1. The SMILES string of the molecule is N#C/C(=C/Nc1ccc(Cl)cc1)C(=O)NC(c1ccccc1)c1ccccc1. The molecule has 0 bridgehead atoms. The van der Waals surface area contributed by atoms with Crippen LogP contribution in [-0.4, -0.2) is 5.91 Å². The van der Waals surface area contributed by atoms with Gasteiger partial charge in [-0.25, -0.2) is 0 Å². The van der Waals surface area contributed by atoms with Crippen LogP contribution in [0.4, 0.5) is 5.69 Å². The first-order valence-electron chi connectivity index (χ1n) is 8.70. The van der Waals surface area contributed by atoms with Crippen LogP contribution in [0.3, 0.4) is 0 Å². The van der Waals surface area contributed by atoms with Gasteiger partial charge in [-0.05, 0) is 35.4 Å². The predicted octanol–water partition coefficient (Wildman–Crippen LogP) is 5.07. The van der Waals surface area contributed by atoms with Crippen LogP contribution in [0.15, 0.2) is 96.7 Å². The zero-order valence-corrected chi connectivity index (χ0v) is 15.7. The third kappa shape index (κ3) is 5.00. The van der Waals surface area contributed by atoms with Crippen molar-refractivity contribution in [3.05, 3.63) is 113 Å². The second-order valence-corrected chi connectivity index (χ2v) is 6.49. The van der Waals surface area contributed by atoms with E-state index >= 15 is 0 Å². The molecule has 0 aliphatic carbocycles. The Morgan fingerprint density at radius 2 is 1.43 bits per heavy atom. The average Bonchev–Trinajstić information content (AvgIpc) is 2.75. The zero-order chi connectivity index (χ0) is 19.8. The second-order valence-electron chi connectivity index (χ2n) is 6.05. The average molecular weight is 388 g/mol. The van der Waals surface area contributed by atoms with Crippen LogP contribution in [0.5, 0.6) is 0 Å². The molecular formula is C23H18ClN3O. The molecule has 0 saturated heterocycles. The molecule has 0 saturated carbocycles. The van der Waals surface area contributed by atoms with Crippen LogP contribution in [0, 0.1) is 11.3 Å². The number of rotatable bonds is 6. The van der Waals surface area contributed by atoms with E-state index in [4.69, 9.17) is 11.6 Å². The van der Waals surface area contributed by atoms with Crippen molar-refractivity contribution in [3.63, 3.8) is 0 Å². The molecule has 0 atom stereocenters. The Bertz CT molecular complexity index is 954. The van der Waals surface area contributed by atoms with Crippen LogP contribution in [-0.2, 0) is 4.79 Å². The molecule has 0 aliphatic rings. The van der Waals surface area contributed by atoms with Gasteiger partial charge in [0.25, 0.3) is 5.91 Å². The Morgan fingerprint density at radius 3 is 1.93 bits per heavy atom. The summed E-state index contributed by atoms with van der Waals surface area (Å²) in [5, 5.41) is 16.0. The molecule has 0 fully saturated rings. The van der Waals surface area contributed by atoms with Gasteiger partial charge in [-0.2, -0.15) is 5.26 Å². The van der Waals surface area contributed by atoms with Gasteiger partial charge in [0.15, 0.2) is 0 Å². The lowest BCUT2D eigenvalue weighted by Crippen LogP contribution is -2.30. The molecule has 28 heavy (non-hydrogen) atoms. The fraction of sp³-hybridized carbons (Fsp3) is 0.0435. The highest BCUT2D eigenvalue weighted by atomic mass is 35.5. The molecule has 0 aliphatic heterocycles. The summed E-state index contributed by atoms with van der Waals surface area (Å²) in [6.07, 6.45) is 1.39. The number of amides is 1. The lowest BCUT2D eigenvalue weighted by atomic mass is 9.98. The summed E-state index contributed by atoms with van der Waals surface area (Å²) in [5.41, 5.74) is 2.58. The molecule has 3 aromatic carbocycles.